The number of nitrogens with one attached hydrogen (secondary N) is 1. The summed E-state index contributed by atoms with van der Waals surface area (Å²) in [7, 11) is 1.74. The molecule has 0 aliphatic rings. The van der Waals surface area contributed by atoms with Crippen molar-refractivity contribution in [2.24, 2.45) is 7.05 Å². The van der Waals surface area contributed by atoms with Crippen molar-refractivity contribution >= 4 is 38.9 Å². The first-order chi connectivity index (χ1) is 14.6. The number of carbonyl (C=O) groups is 1. The normalized spacial score (nSPS) is 11.4. The largest absolute Gasteiger partial charge is 0.328 e. The highest BCUT2D eigenvalue weighted by Crippen LogP contribution is 2.23. The van der Waals surface area contributed by atoms with E-state index in [0.717, 1.165) is 32.9 Å². The van der Waals surface area contributed by atoms with Crippen LogP contribution in [0, 0.1) is 0 Å². The van der Waals surface area contributed by atoms with Crippen LogP contribution < -0.4 is 11.0 Å². The number of thiazole rings is 1. The molecule has 0 bridgehead atoms. The van der Waals surface area contributed by atoms with Crippen LogP contribution in [0.15, 0.2) is 71.1 Å². The van der Waals surface area contributed by atoms with E-state index < -0.39 is 0 Å². The summed E-state index contributed by atoms with van der Waals surface area (Å²) in [5.41, 5.74) is 4.18. The monoisotopic (exact) mass is 417 g/mol. The van der Waals surface area contributed by atoms with Gasteiger partial charge in [-0.25, -0.2) is 9.78 Å². The number of imidazole rings is 2. The number of fused-ring (bicyclic) bond motifs is 2. The Hall–Kier alpha value is -3.65. The molecule has 3 aromatic heterocycles. The number of hydrogen-bond donors (Lipinski definition) is 1. The third kappa shape index (κ3) is 3.21. The van der Waals surface area contributed by atoms with Gasteiger partial charge < -0.3 is 5.32 Å². The molecule has 1 N–H and O–H groups in total. The quantitative estimate of drug-likeness (QED) is 0.473. The summed E-state index contributed by atoms with van der Waals surface area (Å²) >= 11 is 1.59. The Morgan fingerprint density at radius 1 is 1.10 bits per heavy atom. The van der Waals surface area contributed by atoms with Crippen molar-refractivity contribution in [3.63, 3.8) is 0 Å². The number of rotatable bonds is 5. The molecule has 7 nitrogen and oxygen atoms in total. The third-order valence-corrected chi connectivity index (χ3v) is 5.94. The van der Waals surface area contributed by atoms with Crippen LogP contribution in [-0.2, 0) is 18.4 Å². The molecule has 0 unspecified atom stereocenters. The minimum atomic E-state index is -0.134. The number of aromatic nitrogens is 4. The summed E-state index contributed by atoms with van der Waals surface area (Å²) in [6, 6.07) is 15.2. The zero-order valence-corrected chi connectivity index (χ0v) is 17.1. The van der Waals surface area contributed by atoms with Crippen LogP contribution in [0.4, 0.5) is 5.69 Å². The van der Waals surface area contributed by atoms with E-state index >= 15 is 0 Å². The first-order valence-electron chi connectivity index (χ1n) is 9.57. The van der Waals surface area contributed by atoms with Crippen molar-refractivity contribution in [3.8, 4) is 11.3 Å². The van der Waals surface area contributed by atoms with Gasteiger partial charge in [-0.15, -0.1) is 11.3 Å². The standard InChI is InChI=1S/C22H19N5O2S/c1-25-18-4-2-3-5-19(18)27(22(25)29)11-10-20(28)23-16-8-6-15(7-9-16)17-14-26-12-13-30-21(26)24-17/h2-9,12-14H,10-11H2,1H3,(H,23,28). The van der Waals surface area contributed by atoms with Gasteiger partial charge in [-0.3, -0.25) is 18.3 Å². The molecule has 2 aromatic carbocycles. The molecule has 0 saturated heterocycles. The Balaban J connectivity index is 1.26. The van der Waals surface area contributed by atoms with Crippen molar-refractivity contribution in [3.05, 3.63) is 76.8 Å². The lowest BCUT2D eigenvalue weighted by Gasteiger charge is -2.07. The highest BCUT2D eigenvalue weighted by atomic mass is 32.1. The highest BCUT2D eigenvalue weighted by molar-refractivity contribution is 7.15. The lowest BCUT2D eigenvalue weighted by Crippen LogP contribution is -2.24. The minimum Gasteiger partial charge on any atom is -0.326 e. The van der Waals surface area contributed by atoms with E-state index in [1.165, 1.54) is 0 Å². The van der Waals surface area contributed by atoms with Gasteiger partial charge in [-0.05, 0) is 24.3 Å². The van der Waals surface area contributed by atoms with Gasteiger partial charge in [0.15, 0.2) is 4.96 Å². The van der Waals surface area contributed by atoms with Gasteiger partial charge in [0.05, 0.1) is 16.7 Å². The lowest BCUT2D eigenvalue weighted by molar-refractivity contribution is -0.116. The van der Waals surface area contributed by atoms with Crippen LogP contribution in [0.3, 0.4) is 0 Å². The SMILES string of the molecule is Cn1c(=O)n(CCC(=O)Nc2ccc(-c3cn4ccsc4n3)cc2)c2ccccc21. The average molecular weight is 417 g/mol. The minimum absolute atomic E-state index is 0.117. The lowest BCUT2D eigenvalue weighted by atomic mass is 10.1. The molecule has 0 spiro atoms. The molecular weight excluding hydrogens is 398 g/mol. The molecule has 5 rings (SSSR count). The van der Waals surface area contributed by atoms with E-state index in [1.54, 1.807) is 27.5 Å². The smallest absolute Gasteiger partial charge is 0.326 e. The number of carbonyl (C=O) groups excluding carboxylic acids is 1. The summed E-state index contributed by atoms with van der Waals surface area (Å²) in [6.07, 6.45) is 4.18. The van der Waals surface area contributed by atoms with Gasteiger partial charge >= 0.3 is 5.69 Å². The second-order valence-electron chi connectivity index (χ2n) is 7.08. The molecule has 0 fully saturated rings. The molecular formula is C22H19N5O2S. The van der Waals surface area contributed by atoms with Crippen LogP contribution in [0.2, 0.25) is 0 Å². The molecule has 5 aromatic rings. The number of anilines is 1. The molecule has 1 amide bonds. The molecule has 3 heterocycles. The summed E-state index contributed by atoms with van der Waals surface area (Å²) in [5.74, 6) is -0.134. The van der Waals surface area contributed by atoms with E-state index in [2.05, 4.69) is 10.3 Å². The number of benzene rings is 2. The second kappa shape index (κ2) is 7.31. The highest BCUT2D eigenvalue weighted by Gasteiger charge is 2.12. The maximum Gasteiger partial charge on any atom is 0.328 e. The Morgan fingerprint density at radius 2 is 1.87 bits per heavy atom. The van der Waals surface area contributed by atoms with Crippen molar-refractivity contribution in [1.29, 1.82) is 0 Å². The number of aryl methyl sites for hydroxylation is 2. The molecule has 0 aliphatic carbocycles. The Bertz CT molecular complexity index is 1390. The molecule has 0 aliphatic heterocycles. The van der Waals surface area contributed by atoms with Crippen LogP contribution in [0.5, 0.6) is 0 Å². The van der Waals surface area contributed by atoms with Crippen LogP contribution >= 0.6 is 11.3 Å². The summed E-state index contributed by atoms with van der Waals surface area (Å²) in [4.78, 5) is 30.4. The molecule has 8 heteroatoms. The first-order valence-corrected chi connectivity index (χ1v) is 10.4. The zero-order valence-electron chi connectivity index (χ0n) is 16.3. The zero-order chi connectivity index (χ0) is 20.7. The van der Waals surface area contributed by atoms with Crippen molar-refractivity contribution in [2.75, 3.05) is 5.32 Å². The molecule has 30 heavy (non-hydrogen) atoms. The van der Waals surface area contributed by atoms with E-state index in [9.17, 15) is 9.59 Å². The fourth-order valence-corrected chi connectivity index (χ4v) is 4.31. The van der Waals surface area contributed by atoms with E-state index in [4.69, 9.17) is 0 Å². The maximum absolute atomic E-state index is 12.5. The Morgan fingerprint density at radius 3 is 2.63 bits per heavy atom. The van der Waals surface area contributed by atoms with Crippen molar-refractivity contribution in [2.45, 2.75) is 13.0 Å². The van der Waals surface area contributed by atoms with E-state index in [-0.39, 0.29) is 18.0 Å². The van der Waals surface area contributed by atoms with Gasteiger partial charge in [-0.2, -0.15) is 0 Å². The van der Waals surface area contributed by atoms with E-state index in [1.807, 2.05) is 70.7 Å². The van der Waals surface area contributed by atoms with Crippen LogP contribution in [0.25, 0.3) is 27.3 Å². The van der Waals surface area contributed by atoms with Gasteiger partial charge in [0.25, 0.3) is 0 Å². The fourth-order valence-electron chi connectivity index (χ4n) is 3.61. The second-order valence-corrected chi connectivity index (χ2v) is 7.95. The van der Waals surface area contributed by atoms with Crippen molar-refractivity contribution < 1.29 is 4.79 Å². The number of para-hydroxylation sites is 2. The Labute approximate surface area is 175 Å². The number of amides is 1. The van der Waals surface area contributed by atoms with Gasteiger partial charge in [0.1, 0.15) is 0 Å². The predicted octanol–water partition coefficient (Wildman–Crippen LogP) is 3.75. The Kier molecular flexibility index (Phi) is 4.48. The average Bonchev–Trinajstić information content (AvgIpc) is 3.42. The van der Waals surface area contributed by atoms with E-state index in [0.29, 0.717) is 6.54 Å². The third-order valence-electron chi connectivity index (χ3n) is 5.17. The van der Waals surface area contributed by atoms with Crippen LogP contribution in [-0.4, -0.2) is 24.4 Å². The van der Waals surface area contributed by atoms with Crippen molar-refractivity contribution in [1.82, 2.24) is 18.5 Å². The van der Waals surface area contributed by atoms with Gasteiger partial charge in [-0.1, -0.05) is 24.3 Å². The van der Waals surface area contributed by atoms with Gasteiger partial charge in [0, 0.05) is 49.0 Å². The molecule has 0 atom stereocenters. The summed E-state index contributed by atoms with van der Waals surface area (Å²) in [5, 5.41) is 4.90. The summed E-state index contributed by atoms with van der Waals surface area (Å²) in [6.45, 7) is 0.329. The number of nitrogens with zero attached hydrogens (tertiary/aromatic N) is 4. The summed E-state index contributed by atoms with van der Waals surface area (Å²) < 4.78 is 5.24. The fraction of sp³-hybridized carbons (Fsp3) is 0.136. The predicted molar refractivity (Wildman–Crippen MR) is 119 cm³/mol. The molecule has 150 valence electrons. The molecule has 0 saturated carbocycles. The first kappa shape index (κ1) is 18.4. The van der Waals surface area contributed by atoms with Gasteiger partial charge in [0.2, 0.25) is 5.91 Å². The number of hydrogen-bond acceptors (Lipinski definition) is 4. The maximum atomic E-state index is 12.5. The molecule has 0 radical (unpaired) electrons. The van der Waals surface area contributed by atoms with Crippen LogP contribution in [0.1, 0.15) is 6.42 Å². The topological polar surface area (TPSA) is 73.3 Å².